The monoisotopic (exact) mass is 369 g/mol. The van der Waals surface area contributed by atoms with E-state index < -0.39 is 12.1 Å². The topological polar surface area (TPSA) is 78.5 Å². The van der Waals surface area contributed by atoms with Crippen LogP contribution in [-0.4, -0.2) is 47.3 Å². The van der Waals surface area contributed by atoms with Crippen molar-refractivity contribution in [3.63, 3.8) is 0 Å². The molecule has 2 N–H and O–H groups in total. The number of hydrogen-bond donors (Lipinski definition) is 2. The summed E-state index contributed by atoms with van der Waals surface area (Å²) in [5, 5.41) is 6.32. The van der Waals surface area contributed by atoms with Crippen LogP contribution in [0.1, 0.15) is 30.1 Å². The lowest BCUT2D eigenvalue weighted by Gasteiger charge is -2.33. The zero-order valence-corrected chi connectivity index (χ0v) is 14.5. The van der Waals surface area contributed by atoms with E-state index in [-0.39, 0.29) is 23.8 Å². The first-order valence-corrected chi connectivity index (χ1v) is 8.52. The standard InChI is InChI=1S/C16H17Cl2N3O3/c1-2-12-16(24)21-7-11(6-13(21)15(23)20-12)19-14(22)8-3-9(17)5-10(18)4-8/h3-5,11-13H,2,6-7H2,1H3,(H,19,22)(H,20,23)/t11-,12-,13-/m0/s1. The fourth-order valence-corrected chi connectivity index (χ4v) is 3.72. The van der Waals surface area contributed by atoms with Gasteiger partial charge < -0.3 is 15.5 Å². The summed E-state index contributed by atoms with van der Waals surface area (Å²) in [5.41, 5.74) is 0.347. The van der Waals surface area contributed by atoms with Gasteiger partial charge in [-0.3, -0.25) is 14.4 Å². The van der Waals surface area contributed by atoms with E-state index in [0.29, 0.717) is 35.0 Å². The maximum Gasteiger partial charge on any atom is 0.251 e. The third-order valence-electron chi connectivity index (χ3n) is 4.37. The molecule has 0 saturated carbocycles. The molecular weight excluding hydrogens is 353 g/mol. The third kappa shape index (κ3) is 3.21. The number of hydrogen-bond acceptors (Lipinski definition) is 3. The van der Waals surface area contributed by atoms with E-state index in [9.17, 15) is 14.4 Å². The molecule has 1 aromatic carbocycles. The quantitative estimate of drug-likeness (QED) is 0.849. The Balaban J connectivity index is 1.70. The molecule has 0 bridgehead atoms. The van der Waals surface area contributed by atoms with Gasteiger partial charge in [0.2, 0.25) is 11.8 Å². The Morgan fingerprint density at radius 1 is 1.29 bits per heavy atom. The SMILES string of the molecule is CC[C@@H]1NC(=O)[C@@H]2C[C@H](NC(=O)c3cc(Cl)cc(Cl)c3)CN2C1=O. The maximum atomic E-state index is 12.4. The predicted molar refractivity (Wildman–Crippen MR) is 90.1 cm³/mol. The van der Waals surface area contributed by atoms with E-state index >= 15 is 0 Å². The van der Waals surface area contributed by atoms with Crippen molar-refractivity contribution in [2.45, 2.75) is 37.9 Å². The molecule has 6 nitrogen and oxygen atoms in total. The summed E-state index contributed by atoms with van der Waals surface area (Å²) in [4.78, 5) is 38.4. The van der Waals surface area contributed by atoms with Gasteiger partial charge in [0.1, 0.15) is 12.1 Å². The Kier molecular flexibility index (Phi) is 4.69. The van der Waals surface area contributed by atoms with Gasteiger partial charge in [-0.15, -0.1) is 0 Å². The highest BCUT2D eigenvalue weighted by molar-refractivity contribution is 6.35. The molecule has 1 aromatic rings. The van der Waals surface area contributed by atoms with Crippen LogP contribution in [0.2, 0.25) is 10.0 Å². The van der Waals surface area contributed by atoms with Crippen molar-refractivity contribution < 1.29 is 14.4 Å². The lowest BCUT2D eigenvalue weighted by Crippen LogP contribution is -2.60. The van der Waals surface area contributed by atoms with E-state index in [0.717, 1.165) is 0 Å². The van der Waals surface area contributed by atoms with Gasteiger partial charge in [0.05, 0.1) is 0 Å². The van der Waals surface area contributed by atoms with Crippen LogP contribution in [0.5, 0.6) is 0 Å². The van der Waals surface area contributed by atoms with Crippen molar-refractivity contribution in [1.29, 1.82) is 0 Å². The molecule has 0 unspecified atom stereocenters. The normalized spacial score (nSPS) is 26.1. The average Bonchev–Trinajstić information content (AvgIpc) is 2.94. The molecule has 128 valence electrons. The highest BCUT2D eigenvalue weighted by Gasteiger charge is 2.46. The van der Waals surface area contributed by atoms with Crippen LogP contribution in [0.4, 0.5) is 0 Å². The van der Waals surface area contributed by atoms with Gasteiger partial charge in [-0.1, -0.05) is 30.1 Å². The number of amides is 3. The fourth-order valence-electron chi connectivity index (χ4n) is 3.19. The number of fused-ring (bicyclic) bond motifs is 1. The van der Waals surface area contributed by atoms with Crippen molar-refractivity contribution in [3.8, 4) is 0 Å². The number of halogens is 2. The third-order valence-corrected chi connectivity index (χ3v) is 4.81. The van der Waals surface area contributed by atoms with Crippen molar-refractivity contribution in [2.24, 2.45) is 0 Å². The van der Waals surface area contributed by atoms with Crippen LogP contribution < -0.4 is 10.6 Å². The molecule has 2 saturated heterocycles. The second-order valence-corrected chi connectivity index (χ2v) is 6.91. The molecule has 3 rings (SSSR count). The van der Waals surface area contributed by atoms with Crippen molar-refractivity contribution in [2.75, 3.05) is 6.54 Å². The number of carbonyl (C=O) groups excluding carboxylic acids is 3. The molecular formula is C16H17Cl2N3O3. The van der Waals surface area contributed by atoms with E-state index in [1.165, 1.54) is 12.1 Å². The predicted octanol–water partition coefficient (Wildman–Crippen LogP) is 1.60. The van der Waals surface area contributed by atoms with Gasteiger partial charge in [-0.25, -0.2) is 0 Å². The van der Waals surface area contributed by atoms with Gasteiger partial charge in [-0.2, -0.15) is 0 Å². The molecule has 3 atom stereocenters. The number of rotatable bonds is 3. The minimum atomic E-state index is -0.520. The Bertz CT molecular complexity index is 690. The average molecular weight is 370 g/mol. The molecule has 2 heterocycles. The van der Waals surface area contributed by atoms with Gasteiger partial charge in [0.15, 0.2) is 0 Å². The highest BCUT2D eigenvalue weighted by Crippen LogP contribution is 2.24. The smallest absolute Gasteiger partial charge is 0.251 e. The van der Waals surface area contributed by atoms with Gasteiger partial charge in [0, 0.05) is 28.2 Å². The lowest BCUT2D eigenvalue weighted by molar-refractivity contribution is -0.147. The molecule has 8 heteroatoms. The molecule has 0 aliphatic carbocycles. The van der Waals surface area contributed by atoms with E-state index in [1.807, 2.05) is 6.92 Å². The van der Waals surface area contributed by atoms with E-state index in [1.54, 1.807) is 11.0 Å². The first-order valence-electron chi connectivity index (χ1n) is 7.77. The van der Waals surface area contributed by atoms with Crippen LogP contribution in [-0.2, 0) is 9.59 Å². The minimum absolute atomic E-state index is 0.0929. The van der Waals surface area contributed by atoms with Crippen molar-refractivity contribution >= 4 is 40.9 Å². The Morgan fingerprint density at radius 2 is 1.96 bits per heavy atom. The summed E-state index contributed by atoms with van der Waals surface area (Å²) in [6, 6.07) is 3.31. The van der Waals surface area contributed by atoms with Crippen molar-refractivity contribution in [3.05, 3.63) is 33.8 Å². The van der Waals surface area contributed by atoms with Crippen LogP contribution in [0, 0.1) is 0 Å². The molecule has 0 spiro atoms. The zero-order chi connectivity index (χ0) is 17.4. The summed E-state index contributed by atoms with van der Waals surface area (Å²) >= 11 is 11.8. The molecule has 24 heavy (non-hydrogen) atoms. The fraction of sp³-hybridized carbons (Fsp3) is 0.438. The first kappa shape index (κ1) is 17.0. The van der Waals surface area contributed by atoms with Crippen LogP contribution in [0.25, 0.3) is 0 Å². The largest absolute Gasteiger partial charge is 0.347 e. The summed E-state index contributed by atoms with van der Waals surface area (Å²) < 4.78 is 0. The lowest BCUT2D eigenvalue weighted by atomic mass is 10.1. The molecule has 2 fully saturated rings. The molecule has 2 aliphatic rings. The summed E-state index contributed by atoms with van der Waals surface area (Å²) in [6.07, 6.45) is 0.944. The number of carbonyl (C=O) groups is 3. The van der Waals surface area contributed by atoms with Gasteiger partial charge in [0.25, 0.3) is 5.91 Å². The zero-order valence-electron chi connectivity index (χ0n) is 13.0. The summed E-state index contributed by atoms with van der Waals surface area (Å²) in [5.74, 6) is -0.585. The van der Waals surface area contributed by atoms with Crippen molar-refractivity contribution in [1.82, 2.24) is 15.5 Å². The number of nitrogens with one attached hydrogen (secondary N) is 2. The molecule has 2 aliphatic heterocycles. The summed E-state index contributed by atoms with van der Waals surface area (Å²) in [6.45, 7) is 2.18. The first-order chi connectivity index (χ1) is 11.4. The Hall–Kier alpha value is -1.79. The van der Waals surface area contributed by atoms with E-state index in [2.05, 4.69) is 10.6 Å². The van der Waals surface area contributed by atoms with Crippen LogP contribution >= 0.6 is 23.2 Å². The molecule has 0 radical (unpaired) electrons. The number of piperazine rings is 1. The second kappa shape index (κ2) is 6.61. The second-order valence-electron chi connectivity index (χ2n) is 6.04. The van der Waals surface area contributed by atoms with Gasteiger partial charge in [-0.05, 0) is 31.0 Å². The molecule has 3 amide bonds. The van der Waals surface area contributed by atoms with Crippen LogP contribution in [0.15, 0.2) is 18.2 Å². The highest BCUT2D eigenvalue weighted by atomic mass is 35.5. The Labute approximate surface area is 149 Å². The minimum Gasteiger partial charge on any atom is -0.347 e. The molecule has 0 aromatic heterocycles. The van der Waals surface area contributed by atoms with Gasteiger partial charge >= 0.3 is 0 Å². The van der Waals surface area contributed by atoms with E-state index in [4.69, 9.17) is 23.2 Å². The number of benzene rings is 1. The van der Waals surface area contributed by atoms with Crippen LogP contribution in [0.3, 0.4) is 0 Å². The maximum absolute atomic E-state index is 12.4. The number of nitrogens with zero attached hydrogens (tertiary/aromatic N) is 1. The Morgan fingerprint density at radius 3 is 2.58 bits per heavy atom. The summed E-state index contributed by atoms with van der Waals surface area (Å²) in [7, 11) is 0.